The number of anilines is 1. The number of para-hydroxylation sites is 2. The molecule has 1 aromatic carbocycles. The van der Waals surface area contributed by atoms with Crippen LogP contribution >= 0.6 is 11.3 Å². The minimum Gasteiger partial charge on any atom is -0.465 e. The summed E-state index contributed by atoms with van der Waals surface area (Å²) in [5, 5.41) is 2.93. The minimum absolute atomic E-state index is 0.0691. The number of aromatic nitrogens is 2. The van der Waals surface area contributed by atoms with Crippen LogP contribution in [0.5, 0.6) is 0 Å². The van der Waals surface area contributed by atoms with E-state index in [0.717, 1.165) is 41.6 Å². The molecule has 1 N–H and O–H groups in total. The SMILES string of the molecule is C=CC(=O)N(C)CCC1CC(n2c(NC(=O)c3ccc(C(=O)OC)s3)nc3ccccc32)C1. The van der Waals surface area contributed by atoms with Gasteiger partial charge in [-0.25, -0.2) is 9.78 Å². The number of nitrogens with zero attached hydrogens (tertiary/aromatic N) is 3. The van der Waals surface area contributed by atoms with Gasteiger partial charge in [-0.05, 0) is 55.5 Å². The van der Waals surface area contributed by atoms with Gasteiger partial charge in [-0.15, -0.1) is 11.3 Å². The molecule has 8 nitrogen and oxygen atoms in total. The van der Waals surface area contributed by atoms with Crippen LogP contribution in [-0.4, -0.2) is 52.9 Å². The number of nitrogens with one attached hydrogen (secondary N) is 1. The van der Waals surface area contributed by atoms with Gasteiger partial charge in [0.05, 0.1) is 23.0 Å². The molecule has 1 fully saturated rings. The van der Waals surface area contributed by atoms with Crippen molar-refractivity contribution >= 4 is 46.1 Å². The van der Waals surface area contributed by atoms with Crippen molar-refractivity contribution in [2.24, 2.45) is 5.92 Å². The summed E-state index contributed by atoms with van der Waals surface area (Å²) in [6.07, 6.45) is 4.15. The molecule has 9 heteroatoms. The van der Waals surface area contributed by atoms with Crippen LogP contribution in [0.4, 0.5) is 5.95 Å². The maximum absolute atomic E-state index is 12.9. The van der Waals surface area contributed by atoms with Crippen molar-refractivity contribution in [1.29, 1.82) is 0 Å². The summed E-state index contributed by atoms with van der Waals surface area (Å²) in [6.45, 7) is 4.22. The molecule has 1 saturated carbocycles. The molecule has 0 bridgehead atoms. The summed E-state index contributed by atoms with van der Waals surface area (Å²) in [6, 6.07) is 11.2. The summed E-state index contributed by atoms with van der Waals surface area (Å²) in [4.78, 5) is 43.4. The number of imidazole rings is 1. The number of benzene rings is 1. The average molecular weight is 467 g/mol. The van der Waals surface area contributed by atoms with E-state index < -0.39 is 5.97 Å². The second-order valence-corrected chi connectivity index (χ2v) is 9.23. The van der Waals surface area contributed by atoms with Crippen molar-refractivity contribution in [2.45, 2.75) is 25.3 Å². The van der Waals surface area contributed by atoms with Gasteiger partial charge in [0.25, 0.3) is 5.91 Å². The molecule has 0 saturated heterocycles. The van der Waals surface area contributed by atoms with Gasteiger partial charge in [-0.1, -0.05) is 18.7 Å². The van der Waals surface area contributed by atoms with E-state index in [1.54, 1.807) is 24.1 Å². The molecule has 2 aromatic heterocycles. The number of fused-ring (bicyclic) bond motifs is 1. The molecule has 1 aliphatic carbocycles. The van der Waals surface area contributed by atoms with Crippen molar-refractivity contribution in [3.05, 3.63) is 58.8 Å². The van der Waals surface area contributed by atoms with E-state index in [9.17, 15) is 14.4 Å². The highest BCUT2D eigenvalue weighted by molar-refractivity contribution is 7.16. The monoisotopic (exact) mass is 466 g/mol. The molecule has 33 heavy (non-hydrogen) atoms. The lowest BCUT2D eigenvalue weighted by atomic mass is 9.78. The van der Waals surface area contributed by atoms with Crippen LogP contribution in [0.1, 0.15) is 44.6 Å². The number of methoxy groups -OCH3 is 1. The van der Waals surface area contributed by atoms with Gasteiger partial charge < -0.3 is 14.2 Å². The van der Waals surface area contributed by atoms with Gasteiger partial charge in [0.1, 0.15) is 4.88 Å². The van der Waals surface area contributed by atoms with Crippen molar-refractivity contribution in [3.63, 3.8) is 0 Å². The Morgan fingerprint density at radius 2 is 1.97 bits per heavy atom. The highest BCUT2D eigenvalue weighted by atomic mass is 32.1. The normalized spacial score (nSPS) is 17.3. The zero-order chi connectivity index (χ0) is 23.5. The van der Waals surface area contributed by atoms with Gasteiger partial charge in [0.15, 0.2) is 0 Å². The Labute approximate surface area is 195 Å². The summed E-state index contributed by atoms with van der Waals surface area (Å²) in [7, 11) is 3.10. The number of likely N-dealkylation sites (N-methyl/N-ethyl adjacent to an activating group) is 1. The number of hydrogen-bond acceptors (Lipinski definition) is 6. The van der Waals surface area contributed by atoms with E-state index in [-0.39, 0.29) is 17.9 Å². The van der Waals surface area contributed by atoms with Crippen LogP contribution in [0.3, 0.4) is 0 Å². The fourth-order valence-corrected chi connectivity index (χ4v) is 4.94. The minimum atomic E-state index is -0.466. The quantitative estimate of drug-likeness (QED) is 0.398. The van der Waals surface area contributed by atoms with Gasteiger partial charge in [0, 0.05) is 19.6 Å². The number of amides is 2. The van der Waals surface area contributed by atoms with Crippen LogP contribution in [0.15, 0.2) is 49.1 Å². The smallest absolute Gasteiger partial charge is 0.348 e. The molecular weight excluding hydrogens is 440 g/mol. The molecule has 172 valence electrons. The fourth-order valence-electron chi connectivity index (χ4n) is 4.12. The van der Waals surface area contributed by atoms with Gasteiger partial charge in [0.2, 0.25) is 11.9 Å². The Morgan fingerprint density at radius 3 is 2.70 bits per heavy atom. The molecular formula is C24H26N4O4S. The number of hydrogen-bond donors (Lipinski definition) is 1. The Bertz CT molecular complexity index is 1210. The highest BCUT2D eigenvalue weighted by Gasteiger charge is 2.33. The van der Waals surface area contributed by atoms with E-state index in [4.69, 9.17) is 4.74 Å². The van der Waals surface area contributed by atoms with E-state index in [1.165, 1.54) is 13.2 Å². The Morgan fingerprint density at radius 1 is 1.24 bits per heavy atom. The number of carbonyl (C=O) groups is 3. The molecule has 1 aliphatic rings. The number of thiophene rings is 1. The van der Waals surface area contributed by atoms with Gasteiger partial charge >= 0.3 is 5.97 Å². The first-order chi connectivity index (χ1) is 15.9. The molecule has 2 amide bonds. The summed E-state index contributed by atoms with van der Waals surface area (Å²) < 4.78 is 6.82. The van der Waals surface area contributed by atoms with E-state index in [2.05, 4.69) is 21.4 Å². The third-order valence-corrected chi connectivity index (χ3v) is 7.10. The fraction of sp³-hybridized carbons (Fsp3) is 0.333. The Kier molecular flexibility index (Phi) is 6.60. The number of ether oxygens (including phenoxy) is 1. The maximum Gasteiger partial charge on any atom is 0.348 e. The summed E-state index contributed by atoms with van der Waals surface area (Å²) in [5.41, 5.74) is 1.78. The van der Waals surface area contributed by atoms with Gasteiger partial charge in [-0.2, -0.15) is 0 Å². The standard InChI is InChI=1S/C24H26N4O4S/c1-4-21(29)27(2)12-11-15-13-16(14-15)28-18-8-6-5-7-17(18)25-24(28)26-22(30)19-9-10-20(33-19)23(31)32-3/h4-10,15-16H,1,11-14H2,2-3H3,(H,25,26,30). The first-order valence-electron chi connectivity index (χ1n) is 10.7. The predicted molar refractivity (Wildman–Crippen MR) is 128 cm³/mol. The van der Waals surface area contributed by atoms with E-state index >= 15 is 0 Å². The zero-order valence-corrected chi connectivity index (χ0v) is 19.4. The number of carbonyl (C=O) groups excluding carboxylic acids is 3. The van der Waals surface area contributed by atoms with Crippen LogP contribution in [0.25, 0.3) is 11.0 Å². The van der Waals surface area contributed by atoms with E-state index in [0.29, 0.717) is 28.2 Å². The third kappa shape index (κ3) is 4.68. The van der Waals surface area contributed by atoms with Crippen molar-refractivity contribution < 1.29 is 19.1 Å². The van der Waals surface area contributed by atoms with Crippen LogP contribution in [0.2, 0.25) is 0 Å². The molecule has 4 rings (SSSR count). The van der Waals surface area contributed by atoms with Crippen molar-refractivity contribution in [3.8, 4) is 0 Å². The largest absolute Gasteiger partial charge is 0.465 e. The average Bonchev–Trinajstić information content (AvgIpc) is 3.42. The molecule has 2 heterocycles. The Balaban J connectivity index is 1.48. The van der Waals surface area contributed by atoms with Crippen LogP contribution < -0.4 is 5.32 Å². The van der Waals surface area contributed by atoms with Crippen molar-refractivity contribution in [2.75, 3.05) is 26.0 Å². The topological polar surface area (TPSA) is 93.5 Å². The highest BCUT2D eigenvalue weighted by Crippen LogP contribution is 2.43. The second-order valence-electron chi connectivity index (χ2n) is 8.15. The second kappa shape index (κ2) is 9.58. The maximum atomic E-state index is 12.9. The first-order valence-corrected chi connectivity index (χ1v) is 11.6. The third-order valence-electron chi connectivity index (χ3n) is 6.04. The van der Waals surface area contributed by atoms with Crippen LogP contribution in [-0.2, 0) is 9.53 Å². The van der Waals surface area contributed by atoms with E-state index in [1.807, 2.05) is 24.3 Å². The molecule has 0 radical (unpaired) electrons. The van der Waals surface area contributed by atoms with Crippen LogP contribution in [0, 0.1) is 5.92 Å². The molecule has 0 spiro atoms. The summed E-state index contributed by atoms with van der Waals surface area (Å²) >= 11 is 1.08. The lowest BCUT2D eigenvalue weighted by Crippen LogP contribution is -2.33. The zero-order valence-electron chi connectivity index (χ0n) is 18.6. The molecule has 0 aliphatic heterocycles. The van der Waals surface area contributed by atoms with Crippen molar-refractivity contribution in [1.82, 2.24) is 14.5 Å². The Hall–Kier alpha value is -3.46. The molecule has 0 atom stereocenters. The van der Waals surface area contributed by atoms with Gasteiger partial charge in [-0.3, -0.25) is 14.9 Å². The predicted octanol–water partition coefficient (Wildman–Crippen LogP) is 4.12. The lowest BCUT2D eigenvalue weighted by molar-refractivity contribution is -0.125. The lowest BCUT2D eigenvalue weighted by Gasteiger charge is -2.38. The molecule has 0 unspecified atom stereocenters. The molecule has 3 aromatic rings. The number of rotatable bonds is 8. The summed E-state index contributed by atoms with van der Waals surface area (Å²) in [5.74, 6) is 0.149. The number of esters is 1. The first kappa shape index (κ1) is 22.7.